The van der Waals surface area contributed by atoms with Crippen molar-refractivity contribution in [3.05, 3.63) is 23.8 Å². The fourth-order valence-electron chi connectivity index (χ4n) is 3.49. The van der Waals surface area contributed by atoms with E-state index in [-0.39, 0.29) is 42.5 Å². The molecular formula is C19H29ClF2N2O4. The van der Waals surface area contributed by atoms with Crippen LogP contribution < -0.4 is 15.2 Å². The van der Waals surface area contributed by atoms with Crippen molar-refractivity contribution in [1.29, 1.82) is 0 Å². The molecule has 1 aromatic rings. The molecule has 0 radical (unpaired) electrons. The van der Waals surface area contributed by atoms with Crippen LogP contribution in [0, 0.1) is 5.41 Å². The highest BCUT2D eigenvalue weighted by Crippen LogP contribution is 2.50. The van der Waals surface area contributed by atoms with E-state index in [9.17, 15) is 13.6 Å². The van der Waals surface area contributed by atoms with Crippen LogP contribution in [0.4, 0.5) is 8.78 Å². The van der Waals surface area contributed by atoms with E-state index in [1.54, 1.807) is 13.1 Å². The monoisotopic (exact) mass is 422 g/mol. The first-order valence-electron chi connectivity index (χ1n) is 8.84. The smallest absolute Gasteiger partial charge is 0.387 e. The minimum atomic E-state index is -2.97. The molecule has 0 bridgehead atoms. The lowest BCUT2D eigenvalue weighted by Crippen LogP contribution is -2.75. The molecule has 6 nitrogen and oxygen atoms in total. The van der Waals surface area contributed by atoms with Crippen molar-refractivity contribution in [2.75, 3.05) is 20.8 Å². The van der Waals surface area contributed by atoms with Crippen molar-refractivity contribution in [1.82, 2.24) is 4.90 Å². The third-order valence-electron chi connectivity index (χ3n) is 5.42. The zero-order chi connectivity index (χ0) is 20.4. The van der Waals surface area contributed by atoms with Crippen LogP contribution in [0.1, 0.15) is 32.8 Å². The van der Waals surface area contributed by atoms with Gasteiger partial charge in [-0.2, -0.15) is 8.78 Å². The minimum absolute atomic E-state index is 0. The van der Waals surface area contributed by atoms with Crippen LogP contribution in [0.3, 0.4) is 0 Å². The highest BCUT2D eigenvalue weighted by molar-refractivity contribution is 5.88. The molecular weight excluding hydrogens is 394 g/mol. The van der Waals surface area contributed by atoms with Gasteiger partial charge in [-0.25, -0.2) is 0 Å². The van der Waals surface area contributed by atoms with Crippen LogP contribution in [0.15, 0.2) is 18.2 Å². The summed E-state index contributed by atoms with van der Waals surface area (Å²) in [6.07, 6.45) is 0.371. The average Bonchev–Trinajstić information content (AvgIpc) is 2.60. The molecule has 0 spiro atoms. The van der Waals surface area contributed by atoms with Crippen LogP contribution in [-0.4, -0.2) is 49.8 Å². The molecule has 2 rings (SSSR count). The summed E-state index contributed by atoms with van der Waals surface area (Å²) in [4.78, 5) is 14.5. The topological polar surface area (TPSA) is 74.0 Å². The molecule has 1 aromatic carbocycles. The zero-order valence-electron chi connectivity index (χ0n) is 16.8. The van der Waals surface area contributed by atoms with E-state index in [2.05, 4.69) is 4.74 Å². The minimum Gasteiger partial charge on any atom is -0.493 e. The van der Waals surface area contributed by atoms with E-state index in [4.69, 9.17) is 15.2 Å². The molecule has 0 aliphatic heterocycles. The molecule has 1 fully saturated rings. The van der Waals surface area contributed by atoms with Gasteiger partial charge in [0, 0.05) is 32.0 Å². The van der Waals surface area contributed by atoms with E-state index in [0.29, 0.717) is 18.6 Å². The summed E-state index contributed by atoms with van der Waals surface area (Å²) in [6, 6.07) is 4.66. The van der Waals surface area contributed by atoms with Crippen LogP contribution in [0.2, 0.25) is 0 Å². The van der Waals surface area contributed by atoms with Gasteiger partial charge in [0.15, 0.2) is 11.5 Å². The van der Waals surface area contributed by atoms with Crippen molar-refractivity contribution < 1.29 is 27.8 Å². The fourth-order valence-corrected chi connectivity index (χ4v) is 3.49. The Balaban J connectivity index is 0.00000392. The molecule has 1 saturated carbocycles. The van der Waals surface area contributed by atoms with Crippen molar-refractivity contribution in [2.45, 2.75) is 52.0 Å². The van der Waals surface area contributed by atoms with Gasteiger partial charge in [0.1, 0.15) is 5.54 Å². The Labute approximate surface area is 170 Å². The fraction of sp³-hybridized carbons (Fsp3) is 0.632. The number of nitrogens with zero attached hydrogens (tertiary/aromatic N) is 1. The van der Waals surface area contributed by atoms with E-state index in [0.717, 1.165) is 0 Å². The van der Waals surface area contributed by atoms with Gasteiger partial charge < -0.3 is 24.8 Å². The summed E-state index contributed by atoms with van der Waals surface area (Å²) >= 11 is 0. The number of nitrogens with two attached hydrogens (primary N) is 1. The van der Waals surface area contributed by atoms with Crippen LogP contribution in [0.5, 0.6) is 11.5 Å². The molecule has 1 aliphatic rings. The maximum Gasteiger partial charge on any atom is 0.387 e. The maximum atomic E-state index is 13.0. The molecule has 9 heteroatoms. The Hall–Kier alpha value is -1.64. The number of ether oxygens (including phenoxy) is 3. The molecule has 1 amide bonds. The molecule has 0 aromatic heterocycles. The van der Waals surface area contributed by atoms with E-state index >= 15 is 0 Å². The van der Waals surface area contributed by atoms with Gasteiger partial charge >= 0.3 is 6.61 Å². The maximum absolute atomic E-state index is 13.0. The Morgan fingerprint density at radius 3 is 2.50 bits per heavy atom. The Kier molecular flexibility index (Phi) is 8.05. The highest BCUT2D eigenvalue weighted by atomic mass is 35.5. The predicted octanol–water partition coefficient (Wildman–Crippen LogP) is 3.21. The van der Waals surface area contributed by atoms with E-state index in [1.165, 1.54) is 24.1 Å². The quantitative estimate of drug-likeness (QED) is 0.696. The number of rotatable bonds is 8. The van der Waals surface area contributed by atoms with Crippen molar-refractivity contribution in [3.8, 4) is 11.5 Å². The second kappa shape index (κ2) is 9.24. The number of alkyl halides is 2. The third kappa shape index (κ3) is 4.50. The van der Waals surface area contributed by atoms with Gasteiger partial charge in [-0.3, -0.25) is 4.79 Å². The van der Waals surface area contributed by atoms with Gasteiger partial charge in [0.05, 0.1) is 13.2 Å². The largest absolute Gasteiger partial charge is 0.493 e. The molecule has 1 aliphatic carbocycles. The number of halogens is 3. The zero-order valence-corrected chi connectivity index (χ0v) is 17.6. The van der Waals surface area contributed by atoms with Crippen LogP contribution >= 0.6 is 12.4 Å². The van der Waals surface area contributed by atoms with Crippen molar-refractivity contribution >= 4 is 18.3 Å². The summed E-state index contributed by atoms with van der Waals surface area (Å²) < 4.78 is 40.3. The first-order chi connectivity index (χ1) is 12.6. The van der Waals surface area contributed by atoms with E-state index in [1.807, 2.05) is 20.8 Å². The molecule has 2 unspecified atom stereocenters. The molecule has 28 heavy (non-hydrogen) atoms. The molecule has 0 saturated heterocycles. The Morgan fingerprint density at radius 1 is 1.36 bits per heavy atom. The number of likely N-dealkylation sites (N-methyl/N-ethyl adjacent to an activating group) is 1. The summed E-state index contributed by atoms with van der Waals surface area (Å²) in [5, 5.41) is 0. The van der Waals surface area contributed by atoms with Gasteiger partial charge in [0.2, 0.25) is 5.91 Å². The lowest BCUT2D eigenvalue weighted by atomic mass is 9.54. The summed E-state index contributed by atoms with van der Waals surface area (Å²) in [5.41, 5.74) is 5.52. The second-order valence-electron chi connectivity index (χ2n) is 7.37. The highest BCUT2D eigenvalue weighted by Gasteiger charge is 2.63. The van der Waals surface area contributed by atoms with Gasteiger partial charge in [-0.1, -0.05) is 19.9 Å². The standard InChI is InChI=1S/C19H28F2N2O4.ClH/c1-6-26-15-10-19(22,18(15,2)3)16(24)23(4)11-12-7-8-13(25-5)14(9-12)27-17(20)21;/h7-9,15,17H,6,10-11,22H2,1-5H3;1H. The predicted molar refractivity (Wildman–Crippen MR) is 104 cm³/mol. The molecule has 2 N–H and O–H groups in total. The number of carbonyl (C=O) groups excluding carboxylic acids is 1. The summed E-state index contributed by atoms with van der Waals surface area (Å²) in [7, 11) is 3.01. The van der Waals surface area contributed by atoms with Crippen LogP contribution in [-0.2, 0) is 16.1 Å². The average molecular weight is 423 g/mol. The van der Waals surface area contributed by atoms with Gasteiger partial charge in [0.25, 0.3) is 0 Å². The van der Waals surface area contributed by atoms with Gasteiger partial charge in [-0.15, -0.1) is 12.4 Å². The molecule has 160 valence electrons. The normalized spacial score (nSPS) is 22.8. The SMILES string of the molecule is CCOC1CC(N)(C(=O)N(C)Cc2ccc(OC)c(OC(F)F)c2)C1(C)C.Cl. The number of benzene rings is 1. The number of methoxy groups -OCH3 is 1. The second-order valence-corrected chi connectivity index (χ2v) is 7.37. The Bertz CT molecular complexity index is 690. The number of hydrogen-bond acceptors (Lipinski definition) is 5. The first kappa shape index (κ1) is 24.4. The lowest BCUT2D eigenvalue weighted by molar-refractivity contribution is -0.178. The molecule has 2 atom stereocenters. The third-order valence-corrected chi connectivity index (χ3v) is 5.42. The Morgan fingerprint density at radius 2 is 2.00 bits per heavy atom. The van der Waals surface area contributed by atoms with Crippen LogP contribution in [0.25, 0.3) is 0 Å². The number of carbonyl (C=O) groups is 1. The number of amides is 1. The lowest BCUT2D eigenvalue weighted by Gasteiger charge is -2.58. The summed E-state index contributed by atoms with van der Waals surface area (Å²) in [5.74, 6) is -0.0905. The van der Waals surface area contributed by atoms with Gasteiger partial charge in [-0.05, 0) is 24.6 Å². The first-order valence-corrected chi connectivity index (χ1v) is 8.84. The number of hydrogen-bond donors (Lipinski definition) is 1. The van der Waals surface area contributed by atoms with Crippen molar-refractivity contribution in [3.63, 3.8) is 0 Å². The summed E-state index contributed by atoms with van der Waals surface area (Å²) in [6.45, 7) is 3.55. The van der Waals surface area contributed by atoms with E-state index < -0.39 is 17.6 Å². The van der Waals surface area contributed by atoms with Crippen molar-refractivity contribution in [2.24, 2.45) is 11.1 Å². The molecule has 0 heterocycles.